The van der Waals surface area contributed by atoms with E-state index in [4.69, 9.17) is 0 Å². The van der Waals surface area contributed by atoms with Gasteiger partial charge in [0.1, 0.15) is 11.3 Å². The standard InChI is InChI=1S/C13H16F5NO/c1-3-8-19-12(2,11(14)15)9-4-6-10(7-5-9)20-13(16,17)18/h4-7,11,19H,3,8H2,1-2H3. The molecule has 0 spiro atoms. The molecule has 0 amide bonds. The van der Waals surface area contributed by atoms with Crippen LogP contribution in [0.15, 0.2) is 24.3 Å². The van der Waals surface area contributed by atoms with Crippen LogP contribution < -0.4 is 10.1 Å². The number of hydrogen-bond donors (Lipinski definition) is 1. The zero-order valence-corrected chi connectivity index (χ0v) is 11.1. The highest BCUT2D eigenvalue weighted by Crippen LogP contribution is 2.30. The molecule has 0 aliphatic carbocycles. The second kappa shape index (κ2) is 6.39. The van der Waals surface area contributed by atoms with E-state index in [-0.39, 0.29) is 5.56 Å². The molecule has 0 aliphatic rings. The average Bonchev–Trinajstić information content (AvgIpc) is 2.34. The number of halogens is 5. The fourth-order valence-electron chi connectivity index (χ4n) is 1.69. The molecule has 1 atom stereocenters. The maximum atomic E-state index is 13.2. The number of benzene rings is 1. The molecule has 1 unspecified atom stereocenters. The Morgan fingerprint density at radius 1 is 1.15 bits per heavy atom. The summed E-state index contributed by atoms with van der Waals surface area (Å²) in [6.45, 7) is 3.52. The molecule has 1 aromatic carbocycles. The van der Waals surface area contributed by atoms with Gasteiger partial charge in [-0.15, -0.1) is 13.2 Å². The lowest BCUT2D eigenvalue weighted by molar-refractivity contribution is -0.274. The van der Waals surface area contributed by atoms with E-state index in [1.54, 1.807) is 0 Å². The van der Waals surface area contributed by atoms with Gasteiger partial charge in [-0.1, -0.05) is 19.1 Å². The minimum Gasteiger partial charge on any atom is -0.406 e. The van der Waals surface area contributed by atoms with Crippen molar-refractivity contribution in [3.8, 4) is 5.75 Å². The van der Waals surface area contributed by atoms with Crippen LogP contribution in [-0.4, -0.2) is 19.3 Å². The first-order chi connectivity index (χ1) is 9.19. The van der Waals surface area contributed by atoms with Crippen molar-refractivity contribution in [2.24, 2.45) is 0 Å². The molecule has 0 aromatic heterocycles. The van der Waals surface area contributed by atoms with E-state index in [1.807, 2.05) is 6.92 Å². The summed E-state index contributed by atoms with van der Waals surface area (Å²) in [5.41, 5.74) is -1.40. The van der Waals surface area contributed by atoms with E-state index in [9.17, 15) is 22.0 Å². The number of rotatable bonds is 6. The molecule has 0 aliphatic heterocycles. The largest absolute Gasteiger partial charge is 0.573 e. The third-order valence-corrected chi connectivity index (χ3v) is 2.87. The molecular weight excluding hydrogens is 281 g/mol. The molecule has 0 saturated heterocycles. The van der Waals surface area contributed by atoms with Gasteiger partial charge in [0, 0.05) is 0 Å². The summed E-state index contributed by atoms with van der Waals surface area (Å²) in [6.07, 6.45) is -6.82. The molecular formula is C13H16F5NO. The molecule has 0 heterocycles. The van der Waals surface area contributed by atoms with Crippen LogP contribution in [0.3, 0.4) is 0 Å². The first-order valence-corrected chi connectivity index (χ1v) is 6.08. The molecule has 1 rings (SSSR count). The fourth-order valence-corrected chi connectivity index (χ4v) is 1.69. The Hall–Kier alpha value is -1.37. The van der Waals surface area contributed by atoms with Crippen molar-refractivity contribution in [1.29, 1.82) is 0 Å². The number of alkyl halides is 5. The first kappa shape index (κ1) is 16.7. The van der Waals surface area contributed by atoms with Gasteiger partial charge in [-0.2, -0.15) is 0 Å². The molecule has 1 N–H and O–H groups in total. The van der Waals surface area contributed by atoms with Crippen molar-refractivity contribution in [3.05, 3.63) is 29.8 Å². The van der Waals surface area contributed by atoms with Gasteiger partial charge in [-0.3, -0.25) is 0 Å². The summed E-state index contributed by atoms with van der Waals surface area (Å²) < 4.78 is 66.1. The van der Waals surface area contributed by atoms with Crippen LogP contribution in [0.2, 0.25) is 0 Å². The Kier molecular flexibility index (Phi) is 5.33. The lowest BCUT2D eigenvalue weighted by Gasteiger charge is -2.30. The molecule has 114 valence electrons. The van der Waals surface area contributed by atoms with E-state index in [2.05, 4.69) is 10.1 Å². The van der Waals surface area contributed by atoms with Crippen LogP contribution in [0.5, 0.6) is 5.75 Å². The van der Waals surface area contributed by atoms with E-state index in [0.717, 1.165) is 12.1 Å². The maximum absolute atomic E-state index is 13.2. The molecule has 0 bridgehead atoms. The smallest absolute Gasteiger partial charge is 0.406 e. The molecule has 7 heteroatoms. The molecule has 0 radical (unpaired) electrons. The van der Waals surface area contributed by atoms with Crippen LogP contribution in [0.25, 0.3) is 0 Å². The van der Waals surface area contributed by atoms with Crippen molar-refractivity contribution in [2.75, 3.05) is 6.54 Å². The topological polar surface area (TPSA) is 21.3 Å². The van der Waals surface area contributed by atoms with Gasteiger partial charge < -0.3 is 10.1 Å². The zero-order chi connectivity index (χ0) is 15.4. The van der Waals surface area contributed by atoms with E-state index in [1.165, 1.54) is 19.1 Å². The zero-order valence-electron chi connectivity index (χ0n) is 11.1. The van der Waals surface area contributed by atoms with Crippen molar-refractivity contribution in [2.45, 2.75) is 38.6 Å². The molecule has 20 heavy (non-hydrogen) atoms. The Balaban J connectivity index is 2.94. The van der Waals surface area contributed by atoms with Gasteiger partial charge in [-0.25, -0.2) is 8.78 Å². The van der Waals surface area contributed by atoms with Crippen molar-refractivity contribution >= 4 is 0 Å². The number of nitrogens with one attached hydrogen (secondary N) is 1. The van der Waals surface area contributed by atoms with Gasteiger partial charge in [0.2, 0.25) is 0 Å². The first-order valence-electron chi connectivity index (χ1n) is 6.08. The number of ether oxygens (including phenoxy) is 1. The SMILES string of the molecule is CCCNC(C)(c1ccc(OC(F)(F)F)cc1)C(F)F. The molecule has 0 fully saturated rings. The van der Waals surface area contributed by atoms with Crippen molar-refractivity contribution in [3.63, 3.8) is 0 Å². The van der Waals surface area contributed by atoms with E-state index >= 15 is 0 Å². The summed E-state index contributed by atoms with van der Waals surface area (Å²) in [5.74, 6) is -0.437. The van der Waals surface area contributed by atoms with E-state index in [0.29, 0.717) is 13.0 Å². The summed E-state index contributed by atoms with van der Waals surface area (Å²) in [7, 11) is 0. The quantitative estimate of drug-likeness (QED) is 0.799. The van der Waals surface area contributed by atoms with Gasteiger partial charge in [0.05, 0.1) is 0 Å². The van der Waals surface area contributed by atoms with Crippen molar-refractivity contribution < 1.29 is 26.7 Å². The molecule has 2 nitrogen and oxygen atoms in total. The summed E-state index contributed by atoms with van der Waals surface area (Å²) >= 11 is 0. The third kappa shape index (κ3) is 4.33. The van der Waals surface area contributed by atoms with Gasteiger partial charge in [0.25, 0.3) is 6.43 Å². The predicted molar refractivity (Wildman–Crippen MR) is 64.8 cm³/mol. The second-order valence-electron chi connectivity index (χ2n) is 4.50. The van der Waals surface area contributed by atoms with Crippen LogP contribution in [0.1, 0.15) is 25.8 Å². The Morgan fingerprint density at radius 3 is 2.10 bits per heavy atom. The lowest BCUT2D eigenvalue weighted by Crippen LogP contribution is -2.46. The van der Waals surface area contributed by atoms with Crippen LogP contribution in [0.4, 0.5) is 22.0 Å². The van der Waals surface area contributed by atoms with Gasteiger partial charge >= 0.3 is 6.36 Å². The summed E-state index contributed by atoms with van der Waals surface area (Å²) in [4.78, 5) is 0. The maximum Gasteiger partial charge on any atom is 0.573 e. The predicted octanol–water partition coefficient (Wildman–Crippen LogP) is 4.07. The Bertz CT molecular complexity index is 418. The molecule has 0 saturated carbocycles. The third-order valence-electron chi connectivity index (χ3n) is 2.87. The fraction of sp³-hybridized carbons (Fsp3) is 0.538. The number of hydrogen-bond acceptors (Lipinski definition) is 2. The minimum absolute atomic E-state index is 0.204. The van der Waals surface area contributed by atoms with E-state index < -0.39 is 24.1 Å². The Labute approximate surface area is 113 Å². The second-order valence-corrected chi connectivity index (χ2v) is 4.50. The normalized spacial score (nSPS) is 15.2. The van der Waals surface area contributed by atoms with Crippen LogP contribution >= 0.6 is 0 Å². The lowest BCUT2D eigenvalue weighted by atomic mass is 9.92. The van der Waals surface area contributed by atoms with Crippen LogP contribution in [0, 0.1) is 0 Å². The monoisotopic (exact) mass is 297 g/mol. The van der Waals surface area contributed by atoms with Crippen molar-refractivity contribution in [1.82, 2.24) is 5.32 Å². The highest BCUT2D eigenvalue weighted by atomic mass is 19.4. The summed E-state index contributed by atoms with van der Waals surface area (Å²) in [5, 5.41) is 2.72. The van der Waals surface area contributed by atoms with Gasteiger partial charge in [0.15, 0.2) is 0 Å². The highest BCUT2D eigenvalue weighted by molar-refractivity contribution is 5.32. The molecule has 1 aromatic rings. The average molecular weight is 297 g/mol. The minimum atomic E-state index is -4.80. The van der Waals surface area contributed by atoms with Gasteiger partial charge in [-0.05, 0) is 37.6 Å². The van der Waals surface area contributed by atoms with Crippen LogP contribution in [-0.2, 0) is 5.54 Å². The Morgan fingerprint density at radius 2 is 1.70 bits per heavy atom. The summed E-state index contributed by atoms with van der Waals surface area (Å²) in [6, 6.07) is 4.46. The highest BCUT2D eigenvalue weighted by Gasteiger charge is 2.36.